The second-order valence-electron chi connectivity index (χ2n) is 5.60. The van der Waals surface area contributed by atoms with Gasteiger partial charge in [0.1, 0.15) is 6.17 Å². The maximum Gasteiger partial charge on any atom is 0.231 e. The van der Waals surface area contributed by atoms with Gasteiger partial charge in [-0.15, -0.1) is 11.8 Å². The lowest BCUT2D eigenvalue weighted by Crippen LogP contribution is -2.54. The Kier molecular flexibility index (Phi) is 3.04. The largest absolute Gasteiger partial charge is 0.336 e. The molecule has 2 aliphatic heterocycles. The third-order valence-electron chi connectivity index (χ3n) is 4.33. The highest BCUT2D eigenvalue weighted by Gasteiger charge is 2.46. The number of carbonyl (C=O) groups is 1. The number of benzene rings is 1. The highest BCUT2D eigenvalue weighted by atomic mass is 32.2. The first-order chi connectivity index (χ1) is 10.1. The van der Waals surface area contributed by atoms with E-state index in [9.17, 15) is 13.6 Å². The van der Waals surface area contributed by atoms with Gasteiger partial charge in [0.2, 0.25) is 5.91 Å². The zero-order chi connectivity index (χ0) is 14.6. The second-order valence-corrected chi connectivity index (χ2v) is 6.84. The third-order valence-corrected chi connectivity index (χ3v) is 5.75. The summed E-state index contributed by atoms with van der Waals surface area (Å²) in [4.78, 5) is 13.7. The summed E-state index contributed by atoms with van der Waals surface area (Å²) in [5, 5.41) is 6.22. The van der Waals surface area contributed by atoms with Gasteiger partial charge in [0.15, 0.2) is 11.6 Å². The third kappa shape index (κ3) is 2.08. The zero-order valence-corrected chi connectivity index (χ0v) is 12.0. The Balaban J connectivity index is 1.59. The molecule has 2 N–H and O–H groups in total. The van der Waals surface area contributed by atoms with E-state index < -0.39 is 17.8 Å². The summed E-state index contributed by atoms with van der Waals surface area (Å²) in [5.74, 6) is -1.91. The van der Waals surface area contributed by atoms with Crippen molar-refractivity contribution in [1.82, 2.24) is 10.6 Å². The number of fused-ring (bicyclic) bond motifs is 2. The van der Waals surface area contributed by atoms with Crippen LogP contribution in [0.5, 0.6) is 0 Å². The van der Waals surface area contributed by atoms with Crippen LogP contribution in [-0.2, 0) is 4.79 Å². The minimum Gasteiger partial charge on any atom is -0.336 e. The van der Waals surface area contributed by atoms with E-state index in [-0.39, 0.29) is 17.2 Å². The first-order valence-electron chi connectivity index (χ1n) is 7.03. The monoisotopic (exact) mass is 308 g/mol. The molecule has 21 heavy (non-hydrogen) atoms. The highest BCUT2D eigenvalue weighted by molar-refractivity contribution is 8.04. The van der Waals surface area contributed by atoms with E-state index in [2.05, 4.69) is 10.6 Å². The van der Waals surface area contributed by atoms with Crippen LogP contribution in [0.25, 0.3) is 0 Å². The van der Waals surface area contributed by atoms with E-state index in [0.29, 0.717) is 5.56 Å². The Morgan fingerprint density at radius 2 is 2.05 bits per heavy atom. The summed E-state index contributed by atoms with van der Waals surface area (Å²) < 4.78 is 26.4. The molecule has 0 saturated carbocycles. The zero-order valence-electron chi connectivity index (χ0n) is 11.2. The summed E-state index contributed by atoms with van der Waals surface area (Å²) in [7, 11) is 0. The molecule has 6 heteroatoms. The Bertz CT molecular complexity index is 661. The van der Waals surface area contributed by atoms with E-state index in [1.54, 1.807) is 11.8 Å². The molecule has 1 saturated heterocycles. The highest BCUT2D eigenvalue weighted by Crippen LogP contribution is 2.50. The van der Waals surface area contributed by atoms with E-state index >= 15 is 0 Å². The maximum absolute atomic E-state index is 13.4. The van der Waals surface area contributed by atoms with Crippen LogP contribution in [-0.4, -0.2) is 11.3 Å². The van der Waals surface area contributed by atoms with Gasteiger partial charge in [-0.1, -0.05) is 6.07 Å². The number of hydrogen-bond acceptors (Lipinski definition) is 3. The van der Waals surface area contributed by atoms with Gasteiger partial charge in [-0.3, -0.25) is 10.1 Å². The maximum atomic E-state index is 13.4. The Morgan fingerprint density at radius 1 is 1.19 bits per heavy atom. The van der Waals surface area contributed by atoms with Gasteiger partial charge in [0.25, 0.3) is 0 Å². The van der Waals surface area contributed by atoms with Gasteiger partial charge in [0.05, 0.1) is 11.3 Å². The lowest BCUT2D eigenvalue weighted by molar-refractivity contribution is -0.127. The number of allylic oxidation sites excluding steroid dienone is 1. The summed E-state index contributed by atoms with van der Waals surface area (Å²) >= 11 is 1.71. The quantitative estimate of drug-likeness (QED) is 0.838. The van der Waals surface area contributed by atoms with E-state index in [0.717, 1.165) is 31.4 Å². The van der Waals surface area contributed by atoms with Crippen molar-refractivity contribution in [3.05, 3.63) is 45.9 Å². The molecule has 0 aromatic heterocycles. The van der Waals surface area contributed by atoms with Gasteiger partial charge >= 0.3 is 0 Å². The smallest absolute Gasteiger partial charge is 0.231 e. The lowest BCUT2D eigenvalue weighted by Gasteiger charge is -2.35. The van der Waals surface area contributed by atoms with Gasteiger partial charge in [-0.05, 0) is 47.4 Å². The molecule has 3 nitrogen and oxygen atoms in total. The average molecular weight is 308 g/mol. The summed E-state index contributed by atoms with van der Waals surface area (Å²) in [6, 6.07) is 3.72. The molecule has 0 bridgehead atoms. The van der Waals surface area contributed by atoms with E-state index in [1.807, 2.05) is 0 Å². The van der Waals surface area contributed by atoms with Crippen LogP contribution in [0, 0.1) is 17.6 Å². The molecule has 3 unspecified atom stereocenters. The molecule has 1 aromatic carbocycles. The van der Waals surface area contributed by atoms with Gasteiger partial charge in [0, 0.05) is 0 Å². The molecule has 1 amide bonds. The topological polar surface area (TPSA) is 41.1 Å². The predicted octanol–water partition coefficient (Wildman–Crippen LogP) is 2.81. The number of halogens is 2. The molecule has 0 radical (unpaired) electrons. The molecule has 1 fully saturated rings. The van der Waals surface area contributed by atoms with Crippen LogP contribution in [0.15, 0.2) is 28.7 Å². The number of nitrogens with one attached hydrogen (secondary N) is 2. The van der Waals surface area contributed by atoms with Crippen LogP contribution in [0.2, 0.25) is 0 Å². The van der Waals surface area contributed by atoms with Crippen LogP contribution in [0.1, 0.15) is 31.0 Å². The van der Waals surface area contributed by atoms with Crippen LogP contribution in [0.4, 0.5) is 8.78 Å². The number of carbonyl (C=O) groups excluding carboxylic acids is 1. The van der Waals surface area contributed by atoms with Crippen molar-refractivity contribution in [2.75, 3.05) is 0 Å². The second kappa shape index (κ2) is 4.81. The summed E-state index contributed by atoms with van der Waals surface area (Å²) in [6.45, 7) is 0. The lowest BCUT2D eigenvalue weighted by atomic mass is 9.94. The molecule has 110 valence electrons. The van der Waals surface area contributed by atoms with E-state index in [1.165, 1.54) is 16.5 Å². The molecule has 2 heterocycles. The Labute approximate surface area is 125 Å². The molecule has 1 aromatic rings. The van der Waals surface area contributed by atoms with Crippen molar-refractivity contribution in [2.24, 2.45) is 5.92 Å². The van der Waals surface area contributed by atoms with Crippen LogP contribution in [0.3, 0.4) is 0 Å². The van der Waals surface area contributed by atoms with Gasteiger partial charge in [-0.25, -0.2) is 8.78 Å². The fraction of sp³-hybridized carbons (Fsp3) is 0.400. The van der Waals surface area contributed by atoms with Crippen molar-refractivity contribution >= 4 is 17.7 Å². The molecular formula is C15H14F2N2OS. The first-order valence-corrected chi connectivity index (χ1v) is 7.91. The van der Waals surface area contributed by atoms with Gasteiger partial charge in [-0.2, -0.15) is 0 Å². The fourth-order valence-corrected chi connectivity index (χ4v) is 4.92. The van der Waals surface area contributed by atoms with E-state index in [4.69, 9.17) is 0 Å². The van der Waals surface area contributed by atoms with Crippen LogP contribution < -0.4 is 10.6 Å². The van der Waals surface area contributed by atoms with Gasteiger partial charge < -0.3 is 5.32 Å². The number of rotatable bonds is 1. The standard InChI is InChI=1S/C15H14F2N2OS/c16-9-5-4-7(6-10(9)17)13-18-14(20)12-8-2-1-3-11(8)21-15(12)19-13/h4-6,12-13,15,19H,1-3H2,(H,18,20). The molecule has 4 rings (SSSR count). The number of thioether (sulfide) groups is 1. The average Bonchev–Trinajstić information content (AvgIpc) is 3.01. The summed E-state index contributed by atoms with van der Waals surface area (Å²) in [6.07, 6.45) is 2.70. The Hall–Kier alpha value is -1.40. The minimum absolute atomic E-state index is 0.00200. The molecule has 1 aliphatic carbocycles. The Morgan fingerprint density at radius 3 is 2.86 bits per heavy atom. The minimum atomic E-state index is -0.898. The van der Waals surface area contributed by atoms with Crippen molar-refractivity contribution < 1.29 is 13.6 Å². The van der Waals surface area contributed by atoms with Crippen LogP contribution >= 0.6 is 11.8 Å². The molecule has 3 aliphatic rings. The summed E-state index contributed by atoms with van der Waals surface area (Å²) in [5.41, 5.74) is 1.80. The van der Waals surface area contributed by atoms with Crippen molar-refractivity contribution in [2.45, 2.75) is 30.8 Å². The fourth-order valence-electron chi connectivity index (χ4n) is 3.34. The SMILES string of the molecule is O=C1NC(c2ccc(F)c(F)c2)NC2SC3=C(CCC3)C12. The number of hydrogen-bond donors (Lipinski definition) is 2. The normalized spacial score (nSPS) is 31.1. The van der Waals surface area contributed by atoms with Crippen molar-refractivity contribution in [3.63, 3.8) is 0 Å². The van der Waals surface area contributed by atoms with Crippen molar-refractivity contribution in [3.8, 4) is 0 Å². The molecule has 3 atom stereocenters. The molecule has 0 spiro atoms. The predicted molar refractivity (Wildman–Crippen MR) is 76.1 cm³/mol. The number of amides is 1. The first kappa shape index (κ1) is 13.3. The molecular weight excluding hydrogens is 294 g/mol. The van der Waals surface area contributed by atoms with Crippen molar-refractivity contribution in [1.29, 1.82) is 0 Å².